The molecule has 0 unspecified atom stereocenters. The first-order valence-electron chi connectivity index (χ1n) is 10.2. The first kappa shape index (κ1) is 19.9. The average molecular weight is 421 g/mol. The number of aromatic nitrogens is 2. The summed E-state index contributed by atoms with van der Waals surface area (Å²) in [6, 6.07) is 2.21. The van der Waals surface area contributed by atoms with Gasteiger partial charge in [0.25, 0.3) is 11.1 Å². The molecule has 1 aliphatic carbocycles. The fourth-order valence-corrected chi connectivity index (χ4v) is 5.81. The molecular formula is C20H28N4O2S2. The third kappa shape index (κ3) is 4.28. The Morgan fingerprint density at radius 3 is 2.89 bits per heavy atom. The van der Waals surface area contributed by atoms with E-state index in [0.29, 0.717) is 11.1 Å². The number of carbonyl (C=O) groups is 1. The predicted octanol–water partition coefficient (Wildman–Crippen LogP) is 3.57. The molecule has 1 saturated heterocycles. The van der Waals surface area contributed by atoms with Crippen molar-refractivity contribution in [1.82, 2.24) is 20.0 Å². The highest BCUT2D eigenvalue weighted by molar-refractivity contribution is 8.00. The minimum Gasteiger partial charge on any atom is -0.410 e. The Balaban J connectivity index is 1.37. The number of hydrogen-bond donors (Lipinski definition) is 0. The van der Waals surface area contributed by atoms with E-state index in [4.69, 9.17) is 4.42 Å². The van der Waals surface area contributed by atoms with Gasteiger partial charge in [0.05, 0.1) is 10.1 Å². The van der Waals surface area contributed by atoms with Gasteiger partial charge in [-0.1, -0.05) is 25.6 Å². The lowest BCUT2D eigenvalue weighted by molar-refractivity contribution is -0.132. The van der Waals surface area contributed by atoms with Crippen LogP contribution in [-0.2, 0) is 17.6 Å². The molecule has 2 aliphatic rings. The second kappa shape index (κ2) is 8.55. The molecular weight excluding hydrogens is 392 g/mol. The second-order valence-electron chi connectivity index (χ2n) is 7.80. The van der Waals surface area contributed by atoms with Gasteiger partial charge in [-0.3, -0.25) is 4.79 Å². The predicted molar refractivity (Wildman–Crippen MR) is 113 cm³/mol. The first-order chi connectivity index (χ1) is 13.5. The minimum atomic E-state index is -0.223. The van der Waals surface area contributed by atoms with Crippen molar-refractivity contribution < 1.29 is 9.21 Å². The van der Waals surface area contributed by atoms with E-state index >= 15 is 0 Å². The molecule has 3 heterocycles. The maximum atomic E-state index is 12.7. The van der Waals surface area contributed by atoms with Crippen LogP contribution >= 0.6 is 23.1 Å². The minimum absolute atomic E-state index is 0.154. The zero-order valence-electron chi connectivity index (χ0n) is 16.8. The molecule has 0 bridgehead atoms. The summed E-state index contributed by atoms with van der Waals surface area (Å²) in [7, 11) is 0. The maximum absolute atomic E-state index is 12.7. The standard InChI is InChI=1S/C20H28N4O2S2/c1-4-23-7-9-24(10-8-23)19(25)14(3)27-20-22-21-18(26-20)17-12-15-11-13(2)5-6-16(15)28-17/h12-14H,4-11H2,1-3H3/t13-,14-/m1/s1. The fraction of sp³-hybridized carbons (Fsp3) is 0.650. The lowest BCUT2D eigenvalue weighted by atomic mass is 9.90. The van der Waals surface area contributed by atoms with Crippen molar-refractivity contribution in [3.05, 3.63) is 16.5 Å². The molecule has 0 spiro atoms. The number of nitrogens with zero attached hydrogens (tertiary/aromatic N) is 4. The highest BCUT2D eigenvalue weighted by Crippen LogP contribution is 2.37. The van der Waals surface area contributed by atoms with Crippen LogP contribution in [0.1, 0.15) is 37.6 Å². The van der Waals surface area contributed by atoms with Crippen molar-refractivity contribution in [2.45, 2.75) is 50.5 Å². The molecule has 0 radical (unpaired) electrons. The molecule has 0 N–H and O–H groups in total. The number of fused-ring (bicyclic) bond motifs is 1. The van der Waals surface area contributed by atoms with Gasteiger partial charge in [0.15, 0.2) is 0 Å². The first-order valence-corrected chi connectivity index (χ1v) is 11.9. The summed E-state index contributed by atoms with van der Waals surface area (Å²) in [5.41, 5.74) is 1.43. The van der Waals surface area contributed by atoms with Crippen LogP contribution in [0, 0.1) is 5.92 Å². The Morgan fingerprint density at radius 2 is 2.14 bits per heavy atom. The van der Waals surface area contributed by atoms with Crippen molar-refractivity contribution in [3.63, 3.8) is 0 Å². The van der Waals surface area contributed by atoms with Gasteiger partial charge in [0.1, 0.15) is 0 Å². The van der Waals surface area contributed by atoms with Crippen LogP contribution in [0.15, 0.2) is 15.7 Å². The van der Waals surface area contributed by atoms with Crippen LogP contribution in [0.4, 0.5) is 0 Å². The number of carbonyl (C=O) groups excluding carboxylic acids is 1. The number of thioether (sulfide) groups is 1. The van der Waals surface area contributed by atoms with E-state index in [-0.39, 0.29) is 11.2 Å². The van der Waals surface area contributed by atoms with Crippen LogP contribution in [0.5, 0.6) is 0 Å². The van der Waals surface area contributed by atoms with Gasteiger partial charge < -0.3 is 14.2 Å². The molecule has 1 fully saturated rings. The maximum Gasteiger partial charge on any atom is 0.277 e. The smallest absolute Gasteiger partial charge is 0.277 e. The molecule has 1 aliphatic heterocycles. The van der Waals surface area contributed by atoms with Gasteiger partial charge in [-0.2, -0.15) is 0 Å². The topological polar surface area (TPSA) is 62.5 Å². The summed E-state index contributed by atoms with van der Waals surface area (Å²) in [6.45, 7) is 10.9. The zero-order valence-corrected chi connectivity index (χ0v) is 18.4. The van der Waals surface area contributed by atoms with Crippen molar-refractivity contribution in [3.8, 4) is 10.8 Å². The van der Waals surface area contributed by atoms with E-state index in [1.807, 2.05) is 11.8 Å². The summed E-state index contributed by atoms with van der Waals surface area (Å²) >= 11 is 3.13. The Hall–Kier alpha value is -1.38. The molecule has 2 aromatic rings. The van der Waals surface area contributed by atoms with Crippen LogP contribution in [-0.4, -0.2) is 63.9 Å². The van der Waals surface area contributed by atoms with Crippen molar-refractivity contribution in [2.75, 3.05) is 32.7 Å². The number of thiophene rings is 1. The van der Waals surface area contributed by atoms with Gasteiger partial charge in [-0.05, 0) is 50.3 Å². The number of aryl methyl sites for hydroxylation is 1. The normalized spacial score (nSPS) is 21.5. The number of rotatable bonds is 5. The van der Waals surface area contributed by atoms with Gasteiger partial charge in [-0.15, -0.1) is 21.5 Å². The summed E-state index contributed by atoms with van der Waals surface area (Å²) in [5.74, 6) is 1.47. The third-order valence-electron chi connectivity index (χ3n) is 5.70. The molecule has 0 saturated carbocycles. The van der Waals surface area contributed by atoms with Gasteiger partial charge in [0.2, 0.25) is 5.91 Å². The molecule has 8 heteroatoms. The van der Waals surface area contributed by atoms with E-state index in [2.05, 4.69) is 35.0 Å². The summed E-state index contributed by atoms with van der Waals surface area (Å²) in [6.07, 6.45) is 3.54. The van der Waals surface area contributed by atoms with E-state index in [1.54, 1.807) is 11.3 Å². The van der Waals surface area contributed by atoms with Crippen molar-refractivity contribution in [2.24, 2.45) is 5.92 Å². The Labute approximate surface area is 174 Å². The molecule has 28 heavy (non-hydrogen) atoms. The van der Waals surface area contributed by atoms with Crippen LogP contribution in [0.3, 0.4) is 0 Å². The van der Waals surface area contributed by atoms with E-state index in [0.717, 1.165) is 56.4 Å². The highest BCUT2D eigenvalue weighted by Gasteiger charge is 2.27. The summed E-state index contributed by atoms with van der Waals surface area (Å²) in [5, 5.41) is 8.67. The lowest BCUT2D eigenvalue weighted by Gasteiger charge is -2.35. The molecule has 4 rings (SSSR count). The SMILES string of the molecule is CCN1CCN(C(=O)[C@@H](C)Sc2nnc(-c3cc4c(s3)CC[C@@H](C)C4)o2)CC1. The van der Waals surface area contributed by atoms with Crippen LogP contribution in [0.2, 0.25) is 0 Å². The molecule has 2 aromatic heterocycles. The lowest BCUT2D eigenvalue weighted by Crippen LogP contribution is -2.50. The Morgan fingerprint density at radius 1 is 1.36 bits per heavy atom. The number of likely N-dealkylation sites (N-methyl/N-ethyl adjacent to an activating group) is 1. The van der Waals surface area contributed by atoms with Crippen LogP contribution < -0.4 is 0 Å². The summed E-state index contributed by atoms with van der Waals surface area (Å²) < 4.78 is 5.89. The molecule has 2 atom stereocenters. The van der Waals surface area contributed by atoms with Gasteiger partial charge in [0, 0.05) is 31.1 Å². The third-order valence-corrected chi connectivity index (χ3v) is 7.85. The monoisotopic (exact) mass is 420 g/mol. The highest BCUT2D eigenvalue weighted by atomic mass is 32.2. The van der Waals surface area contributed by atoms with Crippen LogP contribution in [0.25, 0.3) is 10.8 Å². The Bertz CT molecular complexity index is 826. The number of piperazine rings is 1. The summed E-state index contributed by atoms with van der Waals surface area (Å²) in [4.78, 5) is 19.6. The fourth-order valence-electron chi connectivity index (χ4n) is 3.91. The number of hydrogen-bond acceptors (Lipinski definition) is 7. The molecule has 0 aromatic carbocycles. The molecule has 1 amide bonds. The average Bonchev–Trinajstić information content (AvgIpc) is 3.33. The van der Waals surface area contributed by atoms with Gasteiger partial charge >= 0.3 is 0 Å². The van der Waals surface area contributed by atoms with E-state index in [1.165, 1.54) is 28.6 Å². The zero-order chi connectivity index (χ0) is 19.7. The second-order valence-corrected chi connectivity index (χ2v) is 10.2. The molecule has 152 valence electrons. The van der Waals surface area contributed by atoms with Crippen molar-refractivity contribution in [1.29, 1.82) is 0 Å². The van der Waals surface area contributed by atoms with Crippen molar-refractivity contribution >= 4 is 29.0 Å². The molecule has 6 nitrogen and oxygen atoms in total. The largest absolute Gasteiger partial charge is 0.410 e. The Kier molecular flexibility index (Phi) is 6.08. The quantitative estimate of drug-likeness (QED) is 0.689. The van der Waals surface area contributed by atoms with E-state index in [9.17, 15) is 4.79 Å². The van der Waals surface area contributed by atoms with E-state index < -0.39 is 0 Å². The number of amides is 1. The van der Waals surface area contributed by atoms with Gasteiger partial charge in [-0.25, -0.2) is 0 Å².